The Kier molecular flexibility index (Phi) is 7.68. The molecule has 188 valence electrons. The molecule has 37 heavy (non-hydrogen) atoms. The van der Waals surface area contributed by atoms with Gasteiger partial charge in [-0.15, -0.1) is 0 Å². The van der Waals surface area contributed by atoms with E-state index in [1.54, 1.807) is 17.0 Å². The van der Waals surface area contributed by atoms with Crippen LogP contribution < -0.4 is 9.64 Å². The zero-order chi connectivity index (χ0) is 25.8. The molecule has 6 heteroatoms. The summed E-state index contributed by atoms with van der Waals surface area (Å²) in [4.78, 5) is 13.9. The molecule has 1 saturated heterocycles. The molecule has 0 bridgehead atoms. The van der Waals surface area contributed by atoms with Gasteiger partial charge in [0.2, 0.25) is 5.91 Å². The van der Waals surface area contributed by atoms with Crippen LogP contribution in [0.25, 0.3) is 11.1 Å². The van der Waals surface area contributed by atoms with Crippen LogP contribution in [0.1, 0.15) is 35.6 Å². The summed E-state index contributed by atoms with van der Waals surface area (Å²) < 4.78 is 20.5. The Labute approximate surface area is 224 Å². The smallest absolute Gasteiger partial charge is 0.228 e. The lowest BCUT2D eigenvalue weighted by atomic mass is 9.92. The highest BCUT2D eigenvalue weighted by Gasteiger charge is 2.26. The van der Waals surface area contributed by atoms with E-state index in [1.807, 2.05) is 66.7 Å². The first-order valence-corrected chi connectivity index (χ1v) is 13.1. The molecule has 1 N–H and O–H groups in total. The highest BCUT2D eigenvalue weighted by Crippen LogP contribution is 2.38. The van der Waals surface area contributed by atoms with Crippen LogP contribution in [-0.4, -0.2) is 17.6 Å². The van der Waals surface area contributed by atoms with Crippen LogP contribution in [0.5, 0.6) is 5.75 Å². The van der Waals surface area contributed by atoms with Gasteiger partial charge in [-0.3, -0.25) is 4.79 Å². The summed E-state index contributed by atoms with van der Waals surface area (Å²) in [5.74, 6) is 0.523. The molecule has 4 aromatic carbocycles. The molecule has 4 aromatic rings. The number of hydrogen-bond acceptors (Lipinski definition) is 3. The van der Waals surface area contributed by atoms with Gasteiger partial charge in [0.25, 0.3) is 0 Å². The summed E-state index contributed by atoms with van der Waals surface area (Å²) in [6.45, 7) is 1.14. The van der Waals surface area contributed by atoms with Crippen molar-refractivity contribution >= 4 is 27.5 Å². The molecule has 0 aromatic heterocycles. The maximum absolute atomic E-state index is 13.3. The predicted octanol–water partition coefficient (Wildman–Crippen LogP) is 7.24. The molecule has 1 atom stereocenters. The Morgan fingerprint density at radius 3 is 2.41 bits per heavy atom. The Morgan fingerprint density at radius 1 is 0.946 bits per heavy atom. The minimum atomic E-state index is -0.735. The summed E-state index contributed by atoms with van der Waals surface area (Å²) >= 11 is 3.56. The van der Waals surface area contributed by atoms with Gasteiger partial charge in [-0.1, -0.05) is 64.5 Å². The quantitative estimate of drug-likeness (QED) is 0.220. The van der Waals surface area contributed by atoms with Crippen LogP contribution in [0.2, 0.25) is 0 Å². The summed E-state index contributed by atoms with van der Waals surface area (Å²) in [5.41, 5.74) is 5.53. The molecule has 5 rings (SSSR count). The fraction of sp³-hybridized carbons (Fsp3) is 0.194. The van der Waals surface area contributed by atoms with Crippen LogP contribution in [0.3, 0.4) is 0 Å². The number of β-lactam (4-membered cyclic amide) rings is 1. The Hall–Kier alpha value is -3.48. The SMILES string of the molecule is O=C1CCN1c1ccc(-c2ccc(Br)cc2OCc2ccccc2)c(CC[C@H](O)c2ccc(F)cc2)c1. The molecule has 1 amide bonds. The topological polar surface area (TPSA) is 49.8 Å². The van der Waals surface area contributed by atoms with Crippen LogP contribution >= 0.6 is 15.9 Å². The van der Waals surface area contributed by atoms with E-state index >= 15 is 0 Å². The molecule has 1 aliphatic rings. The second-order valence-corrected chi connectivity index (χ2v) is 10.1. The van der Waals surface area contributed by atoms with Gasteiger partial charge in [0, 0.05) is 28.7 Å². The van der Waals surface area contributed by atoms with Gasteiger partial charge in [-0.25, -0.2) is 4.39 Å². The van der Waals surface area contributed by atoms with Gasteiger partial charge < -0.3 is 14.7 Å². The monoisotopic (exact) mass is 559 g/mol. The number of carbonyl (C=O) groups is 1. The van der Waals surface area contributed by atoms with Gasteiger partial charge in [-0.2, -0.15) is 0 Å². The first kappa shape index (κ1) is 25.2. The molecule has 4 nitrogen and oxygen atoms in total. The van der Waals surface area contributed by atoms with Crippen LogP contribution in [0.15, 0.2) is 95.5 Å². The van der Waals surface area contributed by atoms with Crippen molar-refractivity contribution in [3.63, 3.8) is 0 Å². The van der Waals surface area contributed by atoms with Crippen molar-refractivity contribution in [2.45, 2.75) is 32.0 Å². The van der Waals surface area contributed by atoms with Gasteiger partial charge in [0.1, 0.15) is 18.2 Å². The molecule has 0 saturated carbocycles. The third-order valence-electron chi connectivity index (χ3n) is 6.66. The van der Waals surface area contributed by atoms with Crippen LogP contribution in [-0.2, 0) is 17.8 Å². The minimum absolute atomic E-state index is 0.112. The average molecular weight is 560 g/mol. The molecule has 1 heterocycles. The molecular formula is C31H27BrFNO3. The van der Waals surface area contributed by atoms with Crippen molar-refractivity contribution in [3.05, 3.63) is 118 Å². The zero-order valence-electron chi connectivity index (χ0n) is 20.2. The number of halogens is 2. The van der Waals surface area contributed by atoms with Crippen molar-refractivity contribution < 1.29 is 19.0 Å². The molecule has 0 unspecified atom stereocenters. The number of benzene rings is 4. The lowest BCUT2D eigenvalue weighted by Crippen LogP contribution is -2.43. The highest BCUT2D eigenvalue weighted by atomic mass is 79.9. The van der Waals surface area contributed by atoms with E-state index in [9.17, 15) is 14.3 Å². The van der Waals surface area contributed by atoms with E-state index in [-0.39, 0.29) is 11.7 Å². The second-order valence-electron chi connectivity index (χ2n) is 9.16. The van der Waals surface area contributed by atoms with Crippen molar-refractivity contribution in [3.8, 4) is 16.9 Å². The number of rotatable bonds is 9. The maximum atomic E-state index is 13.3. The molecule has 0 spiro atoms. The third-order valence-corrected chi connectivity index (χ3v) is 7.16. The van der Waals surface area contributed by atoms with E-state index in [2.05, 4.69) is 15.9 Å². The number of amides is 1. The van der Waals surface area contributed by atoms with Crippen molar-refractivity contribution in [1.82, 2.24) is 0 Å². The molecule has 0 radical (unpaired) electrons. The predicted molar refractivity (Wildman–Crippen MR) is 147 cm³/mol. The highest BCUT2D eigenvalue weighted by molar-refractivity contribution is 9.10. The Bertz CT molecular complexity index is 1390. The first-order chi connectivity index (χ1) is 18.0. The normalized spacial score (nSPS) is 13.8. The fourth-order valence-electron chi connectivity index (χ4n) is 4.52. The van der Waals surface area contributed by atoms with E-state index in [0.717, 1.165) is 38.2 Å². The fourth-order valence-corrected chi connectivity index (χ4v) is 4.86. The van der Waals surface area contributed by atoms with E-state index < -0.39 is 6.10 Å². The van der Waals surface area contributed by atoms with E-state index in [4.69, 9.17) is 4.74 Å². The Morgan fingerprint density at radius 2 is 1.70 bits per heavy atom. The summed E-state index contributed by atoms with van der Waals surface area (Å²) in [5, 5.41) is 10.8. The zero-order valence-corrected chi connectivity index (χ0v) is 21.8. The van der Waals surface area contributed by atoms with E-state index in [0.29, 0.717) is 38.0 Å². The van der Waals surface area contributed by atoms with Gasteiger partial charge in [0.05, 0.1) is 6.10 Å². The number of ether oxygens (including phenoxy) is 1. The average Bonchev–Trinajstić information content (AvgIpc) is 2.91. The lowest BCUT2D eigenvalue weighted by Gasteiger charge is -2.31. The van der Waals surface area contributed by atoms with Crippen molar-refractivity contribution in [2.75, 3.05) is 11.4 Å². The summed E-state index contributed by atoms with van der Waals surface area (Å²) in [6, 6.07) is 27.9. The Balaban J connectivity index is 1.46. The standard InChI is InChI=1S/C31H27BrFNO3/c32-24-9-13-28(30(19-24)37-20-21-4-2-1-3-5-21)27-14-12-26(34-17-16-31(34)36)18-23(27)8-15-29(35)22-6-10-25(33)11-7-22/h1-7,9-14,18-19,29,35H,8,15-17,20H2/t29-/m0/s1. The van der Waals surface area contributed by atoms with Gasteiger partial charge in [0.15, 0.2) is 0 Å². The summed E-state index contributed by atoms with van der Waals surface area (Å²) in [7, 11) is 0. The molecular weight excluding hydrogens is 533 g/mol. The van der Waals surface area contributed by atoms with Crippen molar-refractivity contribution in [2.24, 2.45) is 0 Å². The van der Waals surface area contributed by atoms with Gasteiger partial charge >= 0.3 is 0 Å². The van der Waals surface area contributed by atoms with E-state index in [1.165, 1.54) is 12.1 Å². The number of aliphatic hydroxyl groups is 1. The molecule has 1 aliphatic heterocycles. The lowest BCUT2D eigenvalue weighted by molar-refractivity contribution is -0.122. The number of aliphatic hydroxyl groups excluding tert-OH is 1. The molecule has 0 aliphatic carbocycles. The number of carbonyl (C=O) groups excluding carboxylic acids is 1. The number of aryl methyl sites for hydroxylation is 1. The van der Waals surface area contributed by atoms with Crippen LogP contribution in [0.4, 0.5) is 10.1 Å². The van der Waals surface area contributed by atoms with Gasteiger partial charge in [-0.05, 0) is 77.6 Å². The second kappa shape index (κ2) is 11.3. The number of hydrogen-bond donors (Lipinski definition) is 1. The maximum Gasteiger partial charge on any atom is 0.228 e. The first-order valence-electron chi connectivity index (χ1n) is 12.3. The van der Waals surface area contributed by atoms with Crippen LogP contribution in [0, 0.1) is 5.82 Å². The largest absolute Gasteiger partial charge is 0.488 e. The third kappa shape index (κ3) is 5.92. The molecule has 1 fully saturated rings. The minimum Gasteiger partial charge on any atom is -0.488 e. The summed E-state index contributed by atoms with van der Waals surface area (Å²) in [6.07, 6.45) is 0.844. The number of anilines is 1. The number of nitrogens with zero attached hydrogens (tertiary/aromatic N) is 1. The van der Waals surface area contributed by atoms with Crippen molar-refractivity contribution in [1.29, 1.82) is 0 Å².